The number of nitrogen functional groups attached to an aromatic ring is 1. The zero-order valence-electron chi connectivity index (χ0n) is 12.1. The summed E-state index contributed by atoms with van der Waals surface area (Å²) >= 11 is 0. The summed E-state index contributed by atoms with van der Waals surface area (Å²) in [4.78, 5) is 22.9. The number of hydrogen-bond acceptors (Lipinski definition) is 6. The molecule has 0 radical (unpaired) electrons. The van der Waals surface area contributed by atoms with Gasteiger partial charge < -0.3 is 15.8 Å². The SMILES string of the molecule is Nc1nc(S(=O)CCO)nc2c1[nH]c(=O)n2Cc1ccccc1. The first kappa shape index (κ1) is 15.4. The molecule has 1 unspecified atom stereocenters. The smallest absolute Gasteiger partial charge is 0.328 e. The number of hydrogen-bond donors (Lipinski definition) is 3. The molecule has 3 aromatic rings. The van der Waals surface area contributed by atoms with Crippen LogP contribution in [0.1, 0.15) is 5.56 Å². The normalized spacial score (nSPS) is 12.6. The minimum Gasteiger partial charge on any atom is -0.395 e. The lowest BCUT2D eigenvalue weighted by atomic mass is 10.2. The van der Waals surface area contributed by atoms with Gasteiger partial charge in [0.2, 0.25) is 5.16 Å². The van der Waals surface area contributed by atoms with Crippen molar-refractivity contribution in [3.63, 3.8) is 0 Å². The lowest BCUT2D eigenvalue weighted by Gasteiger charge is -2.05. The monoisotopic (exact) mass is 333 g/mol. The molecule has 0 saturated carbocycles. The van der Waals surface area contributed by atoms with Gasteiger partial charge in [-0.3, -0.25) is 8.78 Å². The third-order valence-corrected chi connectivity index (χ3v) is 4.44. The van der Waals surface area contributed by atoms with Crippen LogP contribution in [0.2, 0.25) is 0 Å². The van der Waals surface area contributed by atoms with Crippen LogP contribution in [0.5, 0.6) is 0 Å². The van der Waals surface area contributed by atoms with E-state index in [1.807, 2.05) is 30.3 Å². The molecule has 4 N–H and O–H groups in total. The Hall–Kier alpha value is -2.52. The Morgan fingerprint density at radius 3 is 2.70 bits per heavy atom. The van der Waals surface area contributed by atoms with E-state index in [4.69, 9.17) is 10.8 Å². The number of aromatic amines is 1. The summed E-state index contributed by atoms with van der Waals surface area (Å²) < 4.78 is 13.4. The third-order valence-electron chi connectivity index (χ3n) is 3.29. The van der Waals surface area contributed by atoms with Crippen molar-refractivity contribution in [2.75, 3.05) is 18.1 Å². The number of aliphatic hydroxyl groups excluding tert-OH is 1. The summed E-state index contributed by atoms with van der Waals surface area (Å²) in [6.07, 6.45) is 0. The molecule has 1 atom stereocenters. The van der Waals surface area contributed by atoms with Gasteiger partial charge in [-0.15, -0.1) is 0 Å². The highest BCUT2D eigenvalue weighted by Crippen LogP contribution is 2.16. The van der Waals surface area contributed by atoms with E-state index in [1.54, 1.807) is 0 Å². The molecular weight excluding hydrogens is 318 g/mol. The van der Waals surface area contributed by atoms with E-state index < -0.39 is 10.8 Å². The first-order chi connectivity index (χ1) is 11.1. The van der Waals surface area contributed by atoms with Crippen LogP contribution in [-0.2, 0) is 17.3 Å². The molecule has 8 nitrogen and oxygen atoms in total. The van der Waals surface area contributed by atoms with Gasteiger partial charge in [0.15, 0.2) is 11.5 Å². The van der Waals surface area contributed by atoms with E-state index in [2.05, 4.69) is 15.0 Å². The Morgan fingerprint density at radius 1 is 1.26 bits per heavy atom. The van der Waals surface area contributed by atoms with Crippen molar-refractivity contribution in [3.8, 4) is 0 Å². The molecule has 0 spiro atoms. The van der Waals surface area contributed by atoms with Crippen LogP contribution < -0.4 is 11.4 Å². The largest absolute Gasteiger partial charge is 0.395 e. The van der Waals surface area contributed by atoms with Crippen molar-refractivity contribution in [1.82, 2.24) is 19.5 Å². The fourth-order valence-corrected chi connectivity index (χ4v) is 2.96. The molecule has 2 aromatic heterocycles. The molecule has 0 fully saturated rings. The molecule has 1 aromatic carbocycles. The molecule has 0 aliphatic rings. The summed E-state index contributed by atoms with van der Waals surface area (Å²) in [5.41, 5.74) is 7.01. The summed E-state index contributed by atoms with van der Waals surface area (Å²) in [6.45, 7) is 0.0556. The average Bonchev–Trinajstić information content (AvgIpc) is 2.86. The number of aliphatic hydroxyl groups is 1. The summed E-state index contributed by atoms with van der Waals surface area (Å²) in [6, 6.07) is 9.42. The van der Waals surface area contributed by atoms with Crippen molar-refractivity contribution < 1.29 is 9.32 Å². The summed E-state index contributed by atoms with van der Waals surface area (Å²) in [7, 11) is -1.58. The fourth-order valence-electron chi connectivity index (χ4n) is 2.22. The van der Waals surface area contributed by atoms with Crippen LogP contribution in [-0.4, -0.2) is 41.2 Å². The topological polar surface area (TPSA) is 127 Å². The van der Waals surface area contributed by atoms with Crippen molar-refractivity contribution in [2.24, 2.45) is 0 Å². The lowest BCUT2D eigenvalue weighted by Crippen LogP contribution is -2.18. The van der Waals surface area contributed by atoms with Crippen molar-refractivity contribution >= 4 is 27.8 Å². The maximum absolute atomic E-state index is 12.2. The van der Waals surface area contributed by atoms with E-state index in [-0.39, 0.29) is 29.0 Å². The summed E-state index contributed by atoms with van der Waals surface area (Å²) in [5, 5.41) is 8.90. The highest BCUT2D eigenvalue weighted by molar-refractivity contribution is 7.84. The Bertz CT molecular complexity index is 919. The Morgan fingerprint density at radius 2 is 2.00 bits per heavy atom. The maximum Gasteiger partial charge on any atom is 0.328 e. The molecule has 120 valence electrons. The van der Waals surface area contributed by atoms with Gasteiger partial charge in [-0.1, -0.05) is 30.3 Å². The van der Waals surface area contributed by atoms with Gasteiger partial charge in [0.25, 0.3) is 0 Å². The van der Waals surface area contributed by atoms with Gasteiger partial charge in [-0.25, -0.2) is 14.8 Å². The number of nitrogens with zero attached hydrogens (tertiary/aromatic N) is 3. The van der Waals surface area contributed by atoms with Crippen LogP contribution in [0.3, 0.4) is 0 Å². The molecular formula is C14H15N5O3S. The Kier molecular flexibility index (Phi) is 4.22. The average molecular weight is 333 g/mol. The number of imidazole rings is 1. The number of aromatic nitrogens is 4. The van der Waals surface area contributed by atoms with E-state index in [0.29, 0.717) is 17.7 Å². The molecule has 2 heterocycles. The number of benzene rings is 1. The minimum atomic E-state index is -1.58. The van der Waals surface area contributed by atoms with Crippen LogP contribution in [0.25, 0.3) is 11.2 Å². The second-order valence-electron chi connectivity index (χ2n) is 4.87. The predicted octanol–water partition coefficient (Wildman–Crippen LogP) is -0.150. The van der Waals surface area contributed by atoms with Crippen LogP contribution in [0.15, 0.2) is 40.3 Å². The molecule has 0 aliphatic heterocycles. The first-order valence-corrected chi connectivity index (χ1v) is 8.21. The Labute approximate surface area is 133 Å². The highest BCUT2D eigenvalue weighted by atomic mass is 32.2. The molecule has 0 amide bonds. The molecule has 23 heavy (non-hydrogen) atoms. The van der Waals surface area contributed by atoms with Gasteiger partial charge >= 0.3 is 5.69 Å². The van der Waals surface area contributed by atoms with Crippen molar-refractivity contribution in [2.45, 2.75) is 11.7 Å². The van der Waals surface area contributed by atoms with E-state index >= 15 is 0 Å². The second kappa shape index (κ2) is 6.31. The van der Waals surface area contributed by atoms with Gasteiger partial charge in [0.1, 0.15) is 5.52 Å². The fraction of sp³-hybridized carbons (Fsp3) is 0.214. The number of H-pyrrole nitrogens is 1. The second-order valence-corrected chi connectivity index (χ2v) is 6.33. The molecule has 0 aliphatic carbocycles. The number of nitrogens with two attached hydrogens (primary N) is 1. The summed E-state index contributed by atoms with van der Waals surface area (Å²) in [5.74, 6) is 0.0679. The van der Waals surface area contributed by atoms with Gasteiger partial charge in [-0.2, -0.15) is 0 Å². The van der Waals surface area contributed by atoms with Crippen LogP contribution >= 0.6 is 0 Å². The molecule has 9 heteroatoms. The zero-order chi connectivity index (χ0) is 16.4. The van der Waals surface area contributed by atoms with Gasteiger partial charge in [-0.05, 0) is 5.56 Å². The van der Waals surface area contributed by atoms with Crippen molar-refractivity contribution in [1.29, 1.82) is 0 Å². The van der Waals surface area contributed by atoms with E-state index in [0.717, 1.165) is 5.56 Å². The zero-order valence-corrected chi connectivity index (χ0v) is 12.9. The predicted molar refractivity (Wildman–Crippen MR) is 86.5 cm³/mol. The Balaban J connectivity index is 2.12. The number of anilines is 1. The van der Waals surface area contributed by atoms with Gasteiger partial charge in [0, 0.05) is 0 Å². The number of rotatable bonds is 5. The van der Waals surface area contributed by atoms with Crippen molar-refractivity contribution in [3.05, 3.63) is 46.4 Å². The first-order valence-electron chi connectivity index (χ1n) is 6.89. The van der Waals surface area contributed by atoms with Crippen LogP contribution in [0.4, 0.5) is 5.82 Å². The molecule has 3 rings (SSSR count). The number of nitrogens with one attached hydrogen (secondary N) is 1. The lowest BCUT2D eigenvalue weighted by molar-refractivity contribution is 0.321. The quantitative estimate of drug-likeness (QED) is 0.557. The standard InChI is InChI=1S/C14H15N5O3S/c15-11-10-12(18-13(17-11)23(22)7-6-20)19(14(21)16-10)8-9-4-2-1-3-5-9/h1-5,20H,6-8H2,(H,16,21)(H2,15,17,18). The number of fused-ring (bicyclic) bond motifs is 1. The van der Waals surface area contributed by atoms with Gasteiger partial charge in [0.05, 0.1) is 29.7 Å². The molecule has 0 saturated heterocycles. The molecule has 0 bridgehead atoms. The van der Waals surface area contributed by atoms with Crippen LogP contribution in [0, 0.1) is 0 Å². The third kappa shape index (κ3) is 3.01. The highest BCUT2D eigenvalue weighted by Gasteiger charge is 2.16. The van der Waals surface area contributed by atoms with E-state index in [9.17, 15) is 9.00 Å². The maximum atomic E-state index is 12.2. The minimum absolute atomic E-state index is 0.00450. The van der Waals surface area contributed by atoms with E-state index in [1.165, 1.54) is 4.57 Å².